The van der Waals surface area contributed by atoms with E-state index in [1.54, 1.807) is 18.2 Å². The number of benzene rings is 1. The zero-order chi connectivity index (χ0) is 14.5. The maximum atomic E-state index is 11.2. The van der Waals surface area contributed by atoms with Crippen molar-refractivity contribution in [3.8, 4) is 0 Å². The Labute approximate surface area is 118 Å². The summed E-state index contributed by atoms with van der Waals surface area (Å²) >= 11 is 0. The highest BCUT2D eigenvalue weighted by molar-refractivity contribution is 5.93. The molecule has 1 aromatic heterocycles. The predicted octanol–water partition coefficient (Wildman–Crippen LogP) is 2.58. The van der Waals surface area contributed by atoms with Crippen molar-refractivity contribution in [1.29, 1.82) is 0 Å². The van der Waals surface area contributed by atoms with Gasteiger partial charge in [0, 0.05) is 23.0 Å². The number of nitrogens with one attached hydrogen (secondary N) is 1. The molecule has 0 aliphatic rings. The fourth-order valence-corrected chi connectivity index (χ4v) is 1.94. The van der Waals surface area contributed by atoms with Gasteiger partial charge < -0.3 is 11.1 Å². The van der Waals surface area contributed by atoms with Crippen LogP contribution in [0.15, 0.2) is 30.5 Å². The Hall–Kier alpha value is -2.43. The molecule has 0 radical (unpaired) electrons. The number of nitrogens with zero attached hydrogens (tertiary/aromatic N) is 2. The van der Waals surface area contributed by atoms with Crippen LogP contribution in [0.3, 0.4) is 0 Å². The van der Waals surface area contributed by atoms with Gasteiger partial charge in [-0.25, -0.2) is 9.97 Å². The number of aryl methyl sites for hydroxylation is 2. The molecule has 0 spiro atoms. The SMILES string of the molecule is CCCc1cnc(C)nc1Nc1cccc(C(N)=O)c1. The summed E-state index contributed by atoms with van der Waals surface area (Å²) in [7, 11) is 0. The average Bonchev–Trinajstić information content (AvgIpc) is 2.42. The smallest absolute Gasteiger partial charge is 0.248 e. The Morgan fingerprint density at radius 3 is 2.90 bits per heavy atom. The molecule has 104 valence electrons. The third kappa shape index (κ3) is 3.32. The molecular weight excluding hydrogens is 252 g/mol. The standard InChI is InChI=1S/C15H18N4O/c1-3-5-12-9-17-10(2)18-15(12)19-13-7-4-6-11(8-13)14(16)20/h4,6-9H,3,5H2,1-2H3,(H2,16,20)(H,17,18,19). The third-order valence-corrected chi connectivity index (χ3v) is 2.91. The first kappa shape index (κ1) is 14.0. The molecule has 2 rings (SSSR count). The number of hydrogen-bond donors (Lipinski definition) is 2. The van der Waals surface area contributed by atoms with Crippen LogP contribution in [0.25, 0.3) is 0 Å². The number of carbonyl (C=O) groups excluding carboxylic acids is 1. The van der Waals surface area contributed by atoms with Gasteiger partial charge in [0.25, 0.3) is 0 Å². The molecule has 0 fully saturated rings. The number of amides is 1. The van der Waals surface area contributed by atoms with E-state index in [9.17, 15) is 4.79 Å². The zero-order valence-electron chi connectivity index (χ0n) is 11.7. The molecule has 0 saturated heterocycles. The predicted molar refractivity (Wildman–Crippen MR) is 79.0 cm³/mol. The van der Waals surface area contributed by atoms with E-state index >= 15 is 0 Å². The van der Waals surface area contributed by atoms with Gasteiger partial charge in [-0.3, -0.25) is 4.79 Å². The Morgan fingerprint density at radius 1 is 1.40 bits per heavy atom. The van der Waals surface area contributed by atoms with Crippen molar-refractivity contribution in [2.75, 3.05) is 5.32 Å². The summed E-state index contributed by atoms with van der Waals surface area (Å²) in [6.45, 7) is 3.96. The summed E-state index contributed by atoms with van der Waals surface area (Å²) in [5, 5.41) is 3.23. The van der Waals surface area contributed by atoms with E-state index in [1.165, 1.54) is 0 Å². The van der Waals surface area contributed by atoms with Crippen LogP contribution >= 0.6 is 0 Å². The van der Waals surface area contributed by atoms with E-state index in [2.05, 4.69) is 22.2 Å². The average molecular weight is 270 g/mol. The van der Waals surface area contributed by atoms with Gasteiger partial charge in [-0.2, -0.15) is 0 Å². The highest BCUT2D eigenvalue weighted by Crippen LogP contribution is 2.20. The van der Waals surface area contributed by atoms with Crippen LogP contribution in [0, 0.1) is 6.92 Å². The number of carbonyl (C=O) groups is 1. The van der Waals surface area contributed by atoms with Crippen molar-refractivity contribution in [2.45, 2.75) is 26.7 Å². The lowest BCUT2D eigenvalue weighted by molar-refractivity contribution is 0.100. The van der Waals surface area contributed by atoms with E-state index in [0.29, 0.717) is 11.4 Å². The first-order chi connectivity index (χ1) is 9.60. The maximum absolute atomic E-state index is 11.2. The summed E-state index contributed by atoms with van der Waals surface area (Å²) in [6, 6.07) is 7.07. The molecule has 0 saturated carbocycles. The lowest BCUT2D eigenvalue weighted by atomic mass is 10.1. The fourth-order valence-electron chi connectivity index (χ4n) is 1.94. The second kappa shape index (κ2) is 6.14. The van der Waals surface area contributed by atoms with Crippen LogP contribution in [0.4, 0.5) is 11.5 Å². The van der Waals surface area contributed by atoms with Crippen LogP contribution in [0.2, 0.25) is 0 Å². The van der Waals surface area contributed by atoms with Crippen LogP contribution in [0.1, 0.15) is 35.1 Å². The van der Waals surface area contributed by atoms with Gasteiger partial charge in [-0.15, -0.1) is 0 Å². The van der Waals surface area contributed by atoms with Gasteiger partial charge in [0.05, 0.1) is 0 Å². The highest BCUT2D eigenvalue weighted by Gasteiger charge is 2.07. The molecule has 5 heteroatoms. The molecule has 0 atom stereocenters. The fraction of sp³-hybridized carbons (Fsp3) is 0.267. The molecule has 0 aliphatic carbocycles. The topological polar surface area (TPSA) is 80.9 Å². The minimum absolute atomic E-state index is 0.443. The lowest BCUT2D eigenvalue weighted by Gasteiger charge is -2.11. The largest absolute Gasteiger partial charge is 0.366 e. The summed E-state index contributed by atoms with van der Waals surface area (Å²) in [4.78, 5) is 19.8. The molecule has 1 amide bonds. The van der Waals surface area contributed by atoms with E-state index in [4.69, 9.17) is 5.73 Å². The number of primary amides is 1. The van der Waals surface area contributed by atoms with Crippen LogP contribution < -0.4 is 11.1 Å². The summed E-state index contributed by atoms with van der Waals surface area (Å²) in [6.07, 6.45) is 3.76. The number of anilines is 2. The Morgan fingerprint density at radius 2 is 2.20 bits per heavy atom. The minimum Gasteiger partial charge on any atom is -0.366 e. The van der Waals surface area contributed by atoms with Crippen molar-refractivity contribution < 1.29 is 4.79 Å². The van der Waals surface area contributed by atoms with Crippen molar-refractivity contribution in [1.82, 2.24) is 9.97 Å². The van der Waals surface area contributed by atoms with Crippen LogP contribution in [0.5, 0.6) is 0 Å². The van der Waals surface area contributed by atoms with Gasteiger partial charge in [0.15, 0.2) is 0 Å². The second-order valence-corrected chi connectivity index (χ2v) is 4.61. The highest BCUT2D eigenvalue weighted by atomic mass is 16.1. The Bertz CT molecular complexity index is 625. The monoisotopic (exact) mass is 270 g/mol. The van der Waals surface area contributed by atoms with Crippen molar-refractivity contribution in [2.24, 2.45) is 5.73 Å². The van der Waals surface area contributed by atoms with Gasteiger partial charge in [0.1, 0.15) is 11.6 Å². The minimum atomic E-state index is -0.443. The lowest BCUT2D eigenvalue weighted by Crippen LogP contribution is -2.11. The zero-order valence-corrected chi connectivity index (χ0v) is 11.7. The molecule has 1 aromatic carbocycles. The molecule has 5 nitrogen and oxygen atoms in total. The van der Waals surface area contributed by atoms with Gasteiger partial charge >= 0.3 is 0 Å². The Kier molecular flexibility index (Phi) is 4.30. The first-order valence-electron chi connectivity index (χ1n) is 6.59. The van der Waals surface area contributed by atoms with E-state index in [1.807, 2.05) is 19.2 Å². The van der Waals surface area contributed by atoms with Gasteiger partial charge in [0.2, 0.25) is 5.91 Å². The van der Waals surface area contributed by atoms with Crippen molar-refractivity contribution >= 4 is 17.4 Å². The molecule has 3 N–H and O–H groups in total. The molecule has 0 bridgehead atoms. The molecular formula is C15H18N4O. The molecule has 2 aromatic rings. The van der Waals surface area contributed by atoms with Crippen molar-refractivity contribution in [3.63, 3.8) is 0 Å². The molecule has 0 aliphatic heterocycles. The van der Waals surface area contributed by atoms with E-state index in [0.717, 1.165) is 29.9 Å². The van der Waals surface area contributed by atoms with Gasteiger partial charge in [-0.05, 0) is 31.5 Å². The molecule has 20 heavy (non-hydrogen) atoms. The summed E-state index contributed by atoms with van der Waals surface area (Å²) < 4.78 is 0. The molecule has 0 unspecified atom stereocenters. The second-order valence-electron chi connectivity index (χ2n) is 4.61. The van der Waals surface area contributed by atoms with Crippen LogP contribution in [-0.4, -0.2) is 15.9 Å². The quantitative estimate of drug-likeness (QED) is 0.875. The van der Waals surface area contributed by atoms with E-state index in [-0.39, 0.29) is 0 Å². The molecule has 1 heterocycles. The first-order valence-corrected chi connectivity index (χ1v) is 6.59. The summed E-state index contributed by atoms with van der Waals surface area (Å²) in [5.74, 6) is 1.04. The number of hydrogen-bond acceptors (Lipinski definition) is 4. The Balaban J connectivity index is 2.31. The number of rotatable bonds is 5. The normalized spacial score (nSPS) is 10.3. The van der Waals surface area contributed by atoms with Gasteiger partial charge in [-0.1, -0.05) is 19.4 Å². The third-order valence-electron chi connectivity index (χ3n) is 2.91. The van der Waals surface area contributed by atoms with Crippen LogP contribution in [-0.2, 0) is 6.42 Å². The number of nitrogens with two attached hydrogens (primary N) is 1. The van der Waals surface area contributed by atoms with E-state index < -0.39 is 5.91 Å². The van der Waals surface area contributed by atoms with Crippen molar-refractivity contribution in [3.05, 3.63) is 47.4 Å². The maximum Gasteiger partial charge on any atom is 0.248 e. The summed E-state index contributed by atoms with van der Waals surface area (Å²) in [5.41, 5.74) is 7.60. The number of aromatic nitrogens is 2.